The van der Waals surface area contributed by atoms with Crippen molar-refractivity contribution in [2.45, 2.75) is 33.6 Å². The number of thiocarbonyl (C=S) groups is 1. The Hall–Kier alpha value is -0.440. The van der Waals surface area contributed by atoms with Crippen LogP contribution in [0.25, 0.3) is 0 Å². The van der Waals surface area contributed by atoms with Gasteiger partial charge in [0.2, 0.25) is 0 Å². The fourth-order valence-electron chi connectivity index (χ4n) is 1.41. The van der Waals surface area contributed by atoms with Crippen molar-refractivity contribution in [3.8, 4) is 0 Å². The fraction of sp³-hybridized carbons (Fsp3) is 0.688. The van der Waals surface area contributed by atoms with Crippen LogP contribution in [-0.4, -0.2) is 68.9 Å². The van der Waals surface area contributed by atoms with Crippen molar-refractivity contribution >= 4 is 69.6 Å². The number of thiol groups is 1. The van der Waals surface area contributed by atoms with Crippen LogP contribution in [0.2, 0.25) is 0 Å². The standard InChI is InChI=1S/C9H15BrO4.C5H8O4S.C2H5NS.Na.H2O/c1-3-13-8(11)7(5-6-10)9(12)14-4-2;6-4(7)3(1-2-10)5(8)9;1-2(3)4;;/h7H,3-6H2,1-2H3;3,10H,1-2H2,(H,6,7)(H,8,9);1H3,(H2,3,4);;1H2/q;;;+1;/p-1. The number of carbonyl (C=O) groups is 4. The van der Waals surface area contributed by atoms with Gasteiger partial charge >= 0.3 is 53.4 Å². The van der Waals surface area contributed by atoms with Gasteiger partial charge in [-0.25, -0.2) is 0 Å². The van der Waals surface area contributed by atoms with E-state index in [1.54, 1.807) is 20.8 Å². The second-order valence-electron chi connectivity index (χ2n) is 4.89. The molecule has 0 aromatic rings. The summed E-state index contributed by atoms with van der Waals surface area (Å²) >= 11 is 11.2. The summed E-state index contributed by atoms with van der Waals surface area (Å²) in [6, 6.07) is 0. The average Bonchev–Trinajstić information content (AvgIpc) is 2.57. The van der Waals surface area contributed by atoms with E-state index in [1.807, 2.05) is 0 Å². The summed E-state index contributed by atoms with van der Waals surface area (Å²) < 4.78 is 9.53. The summed E-state index contributed by atoms with van der Waals surface area (Å²) in [6.45, 7) is 5.63. The number of alkyl halides is 1. The summed E-state index contributed by atoms with van der Waals surface area (Å²) in [7, 11) is 0. The molecule has 172 valence electrons. The molecular weight excluding hydrogens is 517 g/mol. The zero-order valence-electron chi connectivity index (χ0n) is 17.5. The van der Waals surface area contributed by atoms with Crippen molar-refractivity contribution in [3.63, 3.8) is 0 Å². The zero-order chi connectivity index (χ0) is 22.7. The molecular formula is C16H29BrNNaO9S2. The SMILES string of the molecule is CC(N)=S.CCOC(=O)C(CCBr)C(=O)OCC.O=C(O)C(CCS)C(=O)O.[Na+].[OH-]. The van der Waals surface area contributed by atoms with E-state index in [0.717, 1.165) is 0 Å². The molecule has 0 rings (SSSR count). The quantitative estimate of drug-likeness (QED) is 0.0640. The number of nitrogens with two attached hydrogens (primary N) is 1. The number of halogens is 1. The normalized spacial score (nSPS) is 8.77. The van der Waals surface area contributed by atoms with Gasteiger partial charge in [0.05, 0.1) is 18.2 Å². The Morgan fingerprint density at radius 2 is 1.33 bits per heavy atom. The first kappa shape index (κ1) is 40.0. The van der Waals surface area contributed by atoms with Gasteiger partial charge in [0.1, 0.15) is 0 Å². The fourth-order valence-corrected chi connectivity index (χ4v) is 2.12. The van der Waals surface area contributed by atoms with Gasteiger partial charge in [-0.05, 0) is 39.4 Å². The first-order valence-electron chi connectivity index (χ1n) is 8.21. The number of esters is 2. The second kappa shape index (κ2) is 26.6. The first-order chi connectivity index (χ1) is 13.0. The van der Waals surface area contributed by atoms with Crippen molar-refractivity contribution in [3.05, 3.63) is 0 Å². The molecule has 0 radical (unpaired) electrons. The number of carboxylic acids is 2. The van der Waals surface area contributed by atoms with Crippen LogP contribution in [-0.2, 0) is 28.7 Å². The molecule has 0 unspecified atom stereocenters. The Morgan fingerprint density at radius 3 is 1.50 bits per heavy atom. The van der Waals surface area contributed by atoms with E-state index in [-0.39, 0.29) is 60.4 Å². The third kappa shape index (κ3) is 25.6. The van der Waals surface area contributed by atoms with Crippen LogP contribution in [0, 0.1) is 11.8 Å². The van der Waals surface area contributed by atoms with Crippen molar-refractivity contribution in [2.75, 3.05) is 24.3 Å². The van der Waals surface area contributed by atoms with Gasteiger partial charge in [0.25, 0.3) is 0 Å². The summed E-state index contributed by atoms with van der Waals surface area (Å²) in [5, 5.41) is 17.1. The topological polar surface area (TPSA) is 183 Å². The molecule has 14 heteroatoms. The van der Waals surface area contributed by atoms with Gasteiger partial charge in [-0.1, -0.05) is 28.1 Å². The third-order valence-electron chi connectivity index (χ3n) is 2.55. The first-order valence-corrected chi connectivity index (χ1v) is 10.4. The van der Waals surface area contributed by atoms with E-state index in [2.05, 4.69) is 40.8 Å². The maximum Gasteiger partial charge on any atom is 1.00 e. The van der Waals surface area contributed by atoms with Gasteiger partial charge in [0, 0.05) is 5.33 Å². The molecule has 30 heavy (non-hydrogen) atoms. The number of aliphatic carboxylic acids is 2. The number of carboxylic acid groups (broad SMARTS) is 2. The molecule has 0 fully saturated rings. The van der Waals surface area contributed by atoms with Crippen LogP contribution >= 0.6 is 40.8 Å². The summed E-state index contributed by atoms with van der Waals surface area (Å²) in [5.41, 5.74) is 4.84. The van der Waals surface area contributed by atoms with Crippen molar-refractivity contribution < 1.29 is 73.9 Å². The molecule has 0 aliphatic carbocycles. The second-order valence-corrected chi connectivity index (χ2v) is 6.77. The number of carbonyl (C=O) groups excluding carboxylic acids is 2. The molecule has 5 N–H and O–H groups in total. The molecule has 0 bridgehead atoms. The van der Waals surface area contributed by atoms with Crippen molar-refractivity contribution in [1.29, 1.82) is 0 Å². The average molecular weight is 546 g/mol. The molecule has 0 spiro atoms. The number of rotatable bonds is 10. The largest absolute Gasteiger partial charge is 1.00 e. The summed E-state index contributed by atoms with van der Waals surface area (Å²) in [5.74, 6) is -5.46. The van der Waals surface area contributed by atoms with Crippen molar-refractivity contribution in [1.82, 2.24) is 0 Å². The smallest absolute Gasteiger partial charge is 0.870 e. The number of hydrogen-bond acceptors (Lipinski definition) is 9. The van der Waals surface area contributed by atoms with Crippen LogP contribution < -0.4 is 35.3 Å². The van der Waals surface area contributed by atoms with E-state index in [0.29, 0.717) is 16.7 Å². The monoisotopic (exact) mass is 545 g/mol. The van der Waals surface area contributed by atoms with E-state index in [1.165, 1.54) is 0 Å². The van der Waals surface area contributed by atoms with Gasteiger partial charge in [-0.2, -0.15) is 12.6 Å². The Labute approximate surface area is 217 Å². The van der Waals surface area contributed by atoms with Crippen LogP contribution in [0.4, 0.5) is 0 Å². The molecule has 10 nitrogen and oxygen atoms in total. The molecule has 0 atom stereocenters. The van der Waals surface area contributed by atoms with Crippen LogP contribution in [0.15, 0.2) is 0 Å². The van der Waals surface area contributed by atoms with Gasteiger partial charge in [0.15, 0.2) is 11.8 Å². The number of hydrogen-bond donors (Lipinski definition) is 4. The molecule has 0 saturated heterocycles. The molecule has 0 aromatic heterocycles. The van der Waals surface area contributed by atoms with Gasteiger partial charge in [-0.15, -0.1) is 0 Å². The Morgan fingerprint density at radius 1 is 1.00 bits per heavy atom. The summed E-state index contributed by atoms with van der Waals surface area (Å²) in [4.78, 5) is 43.3. The minimum Gasteiger partial charge on any atom is -0.870 e. The minimum atomic E-state index is -1.31. The predicted molar refractivity (Wildman–Crippen MR) is 117 cm³/mol. The molecule has 0 aromatic carbocycles. The molecule has 0 amide bonds. The van der Waals surface area contributed by atoms with Gasteiger partial charge < -0.3 is 30.9 Å². The zero-order valence-corrected chi connectivity index (χ0v) is 22.8. The maximum absolute atomic E-state index is 11.3. The van der Waals surface area contributed by atoms with Crippen LogP contribution in [0.1, 0.15) is 33.6 Å². The predicted octanol–water partition coefficient (Wildman–Crippen LogP) is -1.27. The van der Waals surface area contributed by atoms with E-state index < -0.39 is 35.7 Å². The number of ether oxygens (including phenoxy) is 2. The molecule has 0 aliphatic rings. The minimum absolute atomic E-state index is 0. The van der Waals surface area contributed by atoms with Crippen LogP contribution in [0.5, 0.6) is 0 Å². The Kier molecular flexibility index (Phi) is 35.4. The van der Waals surface area contributed by atoms with Gasteiger partial charge in [-0.3, -0.25) is 19.2 Å². The molecule has 0 saturated carbocycles. The van der Waals surface area contributed by atoms with Crippen LogP contribution in [0.3, 0.4) is 0 Å². The van der Waals surface area contributed by atoms with E-state index >= 15 is 0 Å². The Balaban J connectivity index is -0.000000115. The van der Waals surface area contributed by atoms with Crippen molar-refractivity contribution in [2.24, 2.45) is 17.6 Å². The summed E-state index contributed by atoms with van der Waals surface area (Å²) in [6.07, 6.45) is 0.464. The molecule has 0 heterocycles. The molecule has 0 aliphatic heterocycles. The van der Waals surface area contributed by atoms with E-state index in [9.17, 15) is 19.2 Å². The third-order valence-corrected chi connectivity index (χ3v) is 3.27. The van der Waals surface area contributed by atoms with E-state index in [4.69, 9.17) is 25.4 Å². The maximum atomic E-state index is 11.3. The Bertz CT molecular complexity index is 477.